The number of benzene rings is 1. The third kappa shape index (κ3) is 10.2. The Bertz CT molecular complexity index is 795. The van der Waals surface area contributed by atoms with Gasteiger partial charge < -0.3 is 37.0 Å². The largest absolute Gasteiger partial charge is 1.00 e. The number of rotatable bonds is 7. The second-order valence-electron chi connectivity index (χ2n) is 8.71. The number of carbonyl (C=O) groups is 2. The van der Waals surface area contributed by atoms with Gasteiger partial charge >= 0.3 is 5.97 Å². The summed E-state index contributed by atoms with van der Waals surface area (Å²) in [5.74, 6) is 0.636. The number of fused-ring (bicyclic) bond motifs is 1. The van der Waals surface area contributed by atoms with Gasteiger partial charge in [0.15, 0.2) is 0 Å². The van der Waals surface area contributed by atoms with Crippen LogP contribution in [0.2, 0.25) is 0 Å². The number of hydrogen-bond donors (Lipinski definition) is 2. The van der Waals surface area contributed by atoms with Crippen molar-refractivity contribution < 1.29 is 46.6 Å². The van der Waals surface area contributed by atoms with Gasteiger partial charge in [0.2, 0.25) is 0 Å². The number of carbonyl (C=O) groups excluding carboxylic acids is 2. The van der Waals surface area contributed by atoms with Gasteiger partial charge in [0.25, 0.3) is 0 Å². The molecule has 3 N–H and O–H groups in total. The molecule has 0 saturated carbocycles. The first-order chi connectivity index (χ1) is 15.3. The van der Waals surface area contributed by atoms with Crippen molar-refractivity contribution in [3.8, 4) is 11.5 Å². The molecule has 0 radical (unpaired) electrons. The number of quaternary nitrogens is 1. The second kappa shape index (κ2) is 14.9. The molecule has 1 aromatic rings. The smallest absolute Gasteiger partial charge is 0.342 e. The highest BCUT2D eigenvalue weighted by atomic mass is 35.5. The van der Waals surface area contributed by atoms with Crippen LogP contribution in [0.15, 0.2) is 18.2 Å². The van der Waals surface area contributed by atoms with Crippen LogP contribution >= 0.6 is 0 Å². The van der Waals surface area contributed by atoms with Gasteiger partial charge in [-0.15, -0.1) is 0 Å². The number of hydrogen-bond acceptors (Lipinski definition) is 6. The van der Waals surface area contributed by atoms with Crippen molar-refractivity contribution in [2.75, 3.05) is 20.3 Å². The van der Waals surface area contributed by atoms with Gasteiger partial charge in [-0.3, -0.25) is 4.79 Å². The number of ether oxygens (including phenoxy) is 3. The summed E-state index contributed by atoms with van der Waals surface area (Å²) < 4.78 is 17.0. The van der Waals surface area contributed by atoms with E-state index in [1.54, 1.807) is 19.2 Å². The van der Waals surface area contributed by atoms with Crippen LogP contribution in [0.5, 0.6) is 11.5 Å². The van der Waals surface area contributed by atoms with Gasteiger partial charge in [0, 0.05) is 18.9 Å². The van der Waals surface area contributed by atoms with E-state index in [1.165, 1.54) is 0 Å². The van der Waals surface area contributed by atoms with E-state index in [0.29, 0.717) is 60.9 Å². The van der Waals surface area contributed by atoms with Crippen molar-refractivity contribution in [1.82, 2.24) is 0 Å². The molecule has 186 valence electrons. The van der Waals surface area contributed by atoms with Crippen molar-refractivity contribution in [3.05, 3.63) is 29.3 Å². The fraction of sp³-hybridized carbons (Fsp3) is 0.600. The van der Waals surface area contributed by atoms with E-state index in [-0.39, 0.29) is 30.9 Å². The van der Waals surface area contributed by atoms with E-state index >= 15 is 0 Å². The Morgan fingerprint density at radius 3 is 2.64 bits per heavy atom. The van der Waals surface area contributed by atoms with Crippen LogP contribution < -0.4 is 27.2 Å². The average molecular weight is 484 g/mol. The third-order valence-corrected chi connectivity index (χ3v) is 5.36. The van der Waals surface area contributed by atoms with Crippen LogP contribution in [-0.2, 0) is 9.53 Å². The lowest BCUT2D eigenvalue weighted by atomic mass is 10.0. The second-order valence-corrected chi connectivity index (χ2v) is 8.71. The first kappa shape index (κ1) is 28.9. The Hall–Kier alpha value is -2.09. The Kier molecular flexibility index (Phi) is 13.1. The standard InChI is InChI=1S/C25H37NO6.ClH/c1-17(2)26-15-21(28)16-31-23-14-22(30-4)13-19-10-6-5-7-11-20(27)12-8-9-18(3)32-25(29)24(19)23;/h6,10,13-14,17-18,21,26,28H,5,7-9,11-12,15-16H2,1-4H3;1H/t18-,21?;/m0./s1. The zero-order valence-electron chi connectivity index (χ0n) is 20.1. The number of aliphatic hydroxyl groups excluding tert-OH is 1. The minimum absolute atomic E-state index is 0. The normalized spacial score (nSPS) is 18.5. The summed E-state index contributed by atoms with van der Waals surface area (Å²) in [5.41, 5.74) is 0.949. The topological polar surface area (TPSA) is 98.7 Å². The van der Waals surface area contributed by atoms with Crippen LogP contribution in [0.3, 0.4) is 0 Å². The molecule has 0 bridgehead atoms. The molecule has 1 aromatic carbocycles. The lowest BCUT2D eigenvalue weighted by Gasteiger charge is -2.19. The lowest BCUT2D eigenvalue weighted by Crippen LogP contribution is -3.00. The summed E-state index contributed by atoms with van der Waals surface area (Å²) >= 11 is 0. The molecular formula is C25H38ClNO6. The lowest BCUT2D eigenvalue weighted by molar-refractivity contribution is -0.688. The van der Waals surface area contributed by atoms with E-state index < -0.39 is 12.1 Å². The summed E-state index contributed by atoms with van der Waals surface area (Å²) in [5, 5.41) is 12.3. The first-order valence-corrected chi connectivity index (χ1v) is 11.6. The number of halogens is 1. The van der Waals surface area contributed by atoms with Crippen molar-refractivity contribution in [1.29, 1.82) is 0 Å². The summed E-state index contributed by atoms with van der Waals surface area (Å²) in [4.78, 5) is 25.1. The minimum Gasteiger partial charge on any atom is -1.00 e. The van der Waals surface area contributed by atoms with E-state index in [4.69, 9.17) is 14.2 Å². The number of allylic oxidation sites excluding steroid dienone is 1. The predicted octanol–water partition coefficient (Wildman–Crippen LogP) is -0.107. The molecule has 0 fully saturated rings. The zero-order valence-corrected chi connectivity index (χ0v) is 20.9. The Balaban J connectivity index is 0.00000544. The third-order valence-electron chi connectivity index (χ3n) is 5.36. The summed E-state index contributed by atoms with van der Waals surface area (Å²) in [6.45, 7) is 6.50. The SMILES string of the molecule is COc1cc2c(c(OCC(O)C[NH2+]C(C)C)c1)C(=O)O[C@@H](C)CCCC(=O)CCCC=C2.[Cl-]. The Morgan fingerprint density at radius 2 is 1.94 bits per heavy atom. The Labute approximate surface area is 203 Å². The van der Waals surface area contributed by atoms with Gasteiger partial charge in [-0.05, 0) is 58.1 Å². The van der Waals surface area contributed by atoms with Gasteiger partial charge in [-0.1, -0.05) is 12.2 Å². The molecule has 7 nitrogen and oxygen atoms in total. The zero-order chi connectivity index (χ0) is 23.5. The molecule has 0 aromatic heterocycles. The van der Waals surface area contributed by atoms with Crippen molar-refractivity contribution >= 4 is 17.8 Å². The molecule has 0 spiro atoms. The molecule has 8 heteroatoms. The number of nitrogens with two attached hydrogens (primary N) is 1. The summed E-state index contributed by atoms with van der Waals surface area (Å²) in [6, 6.07) is 3.79. The highest BCUT2D eigenvalue weighted by molar-refractivity contribution is 5.97. The number of cyclic esters (lactones) is 1. The fourth-order valence-corrected chi connectivity index (χ4v) is 3.52. The van der Waals surface area contributed by atoms with E-state index in [1.807, 2.05) is 24.4 Å². The van der Waals surface area contributed by atoms with E-state index in [9.17, 15) is 14.7 Å². The van der Waals surface area contributed by atoms with E-state index in [0.717, 1.165) is 12.8 Å². The highest BCUT2D eigenvalue weighted by Gasteiger charge is 2.23. The maximum Gasteiger partial charge on any atom is 0.342 e. The van der Waals surface area contributed by atoms with Crippen LogP contribution in [0.4, 0.5) is 0 Å². The molecule has 0 aliphatic carbocycles. The van der Waals surface area contributed by atoms with Gasteiger partial charge in [-0.25, -0.2) is 4.79 Å². The molecular weight excluding hydrogens is 446 g/mol. The monoisotopic (exact) mass is 483 g/mol. The minimum atomic E-state index is -0.680. The van der Waals surface area contributed by atoms with Gasteiger partial charge in [0.05, 0.1) is 19.3 Å². The number of ketones is 1. The molecule has 0 saturated heterocycles. The summed E-state index contributed by atoms with van der Waals surface area (Å²) in [6.07, 6.45) is 6.68. The molecule has 2 rings (SSSR count). The molecule has 33 heavy (non-hydrogen) atoms. The average Bonchev–Trinajstić information content (AvgIpc) is 2.74. The number of esters is 1. The maximum atomic E-state index is 13.1. The van der Waals surface area contributed by atoms with Crippen molar-refractivity contribution in [2.45, 2.75) is 77.5 Å². The predicted molar refractivity (Wildman–Crippen MR) is 123 cm³/mol. The number of aliphatic hydroxyl groups is 1. The van der Waals surface area contributed by atoms with Crippen LogP contribution in [-0.4, -0.2) is 55.4 Å². The molecule has 1 heterocycles. The highest BCUT2D eigenvalue weighted by Crippen LogP contribution is 2.32. The van der Waals surface area contributed by atoms with E-state index in [2.05, 4.69) is 13.8 Å². The number of methoxy groups -OCH3 is 1. The van der Waals surface area contributed by atoms with Gasteiger partial charge in [0.1, 0.15) is 42.1 Å². The molecule has 1 aliphatic rings. The van der Waals surface area contributed by atoms with Gasteiger partial charge in [-0.2, -0.15) is 0 Å². The molecule has 1 aliphatic heterocycles. The molecule has 2 atom stereocenters. The Morgan fingerprint density at radius 1 is 1.21 bits per heavy atom. The maximum absolute atomic E-state index is 13.1. The van der Waals surface area contributed by atoms with Crippen molar-refractivity contribution in [3.63, 3.8) is 0 Å². The van der Waals surface area contributed by atoms with Crippen LogP contribution in [0.1, 0.15) is 75.2 Å². The number of Topliss-reactive ketones (excluding diaryl/α,β-unsaturated/α-hetero) is 1. The van der Waals surface area contributed by atoms with Crippen LogP contribution in [0.25, 0.3) is 6.08 Å². The molecule has 0 amide bonds. The quantitative estimate of drug-likeness (QED) is 0.525. The first-order valence-electron chi connectivity index (χ1n) is 11.6. The molecule has 1 unspecified atom stereocenters. The van der Waals surface area contributed by atoms with Crippen LogP contribution in [0, 0.1) is 0 Å². The summed E-state index contributed by atoms with van der Waals surface area (Å²) in [7, 11) is 1.55. The van der Waals surface area contributed by atoms with Crippen molar-refractivity contribution in [2.24, 2.45) is 0 Å². The fourth-order valence-electron chi connectivity index (χ4n) is 3.52.